The highest BCUT2D eigenvalue weighted by Gasteiger charge is 2.54. The summed E-state index contributed by atoms with van der Waals surface area (Å²) in [6, 6.07) is 0.699. The molecule has 4 heterocycles. The summed E-state index contributed by atoms with van der Waals surface area (Å²) in [5, 5.41) is 36.8. The third-order valence-electron chi connectivity index (χ3n) is 5.04. The van der Waals surface area contributed by atoms with Gasteiger partial charge in [-0.1, -0.05) is 17.4 Å². The molecule has 36 heavy (non-hydrogen) atoms. The first-order valence-electron chi connectivity index (χ1n) is 9.97. The van der Waals surface area contributed by atoms with Crippen LogP contribution >= 0.6 is 35.3 Å². The molecule has 0 aromatic carbocycles. The van der Waals surface area contributed by atoms with Gasteiger partial charge in [-0.2, -0.15) is 5.26 Å². The van der Waals surface area contributed by atoms with Gasteiger partial charge < -0.3 is 21.0 Å². The standard InChI is InChI=1S/C18H16N10O5S3/c1-27-13(23-25-26-27)9(34)4-7-5-35-16-11(15(30)28(16)12(7)17(31)32)22-14(29)10(24-33-3-2-19)8-6-36-18(20)21-8/h6,11,16H,3-5H2,1H3,(H2,20,21)(H,22,29)(H,31,32). The Hall–Kier alpha value is -3.95. The van der Waals surface area contributed by atoms with Gasteiger partial charge in [-0.15, -0.1) is 28.2 Å². The SMILES string of the molecule is Cn1nnnc1C(=S)CC1=C(C(=O)O)N2C(=O)C(NC(=O)C(=NOCC#N)c3csc(N)n3)C2SC1. The highest BCUT2D eigenvalue weighted by Crippen LogP contribution is 2.41. The van der Waals surface area contributed by atoms with Crippen LogP contribution in [0.5, 0.6) is 0 Å². The van der Waals surface area contributed by atoms with Crippen LogP contribution in [0.2, 0.25) is 0 Å². The number of tetrazole rings is 1. The fraction of sp³-hybridized carbons (Fsp3) is 0.333. The van der Waals surface area contributed by atoms with E-state index in [2.05, 4.69) is 31.0 Å². The number of thiazole rings is 1. The van der Waals surface area contributed by atoms with Crippen LogP contribution in [-0.4, -0.2) is 87.3 Å². The number of thiocarbonyl (C=S) groups is 1. The molecule has 2 aliphatic heterocycles. The Morgan fingerprint density at radius 2 is 2.28 bits per heavy atom. The van der Waals surface area contributed by atoms with Gasteiger partial charge in [0.2, 0.25) is 6.61 Å². The van der Waals surface area contributed by atoms with Crippen LogP contribution in [-0.2, 0) is 26.3 Å². The molecule has 15 nitrogen and oxygen atoms in total. The molecule has 2 amide bonds. The number of aryl methyl sites for hydroxylation is 1. The number of nitrogens with one attached hydrogen (secondary N) is 1. The van der Waals surface area contributed by atoms with Gasteiger partial charge in [-0.25, -0.2) is 14.5 Å². The van der Waals surface area contributed by atoms with Crippen molar-refractivity contribution in [2.24, 2.45) is 12.2 Å². The van der Waals surface area contributed by atoms with Crippen LogP contribution < -0.4 is 11.1 Å². The highest BCUT2D eigenvalue weighted by atomic mass is 32.2. The molecule has 0 radical (unpaired) electrons. The average molecular weight is 549 g/mol. The minimum Gasteiger partial charge on any atom is -0.477 e. The van der Waals surface area contributed by atoms with Gasteiger partial charge in [0, 0.05) is 24.6 Å². The maximum atomic E-state index is 13.0. The van der Waals surface area contributed by atoms with Crippen molar-refractivity contribution in [2.75, 3.05) is 18.1 Å². The van der Waals surface area contributed by atoms with Crippen molar-refractivity contribution >= 4 is 68.8 Å². The van der Waals surface area contributed by atoms with Crippen molar-refractivity contribution in [1.82, 2.24) is 35.4 Å². The van der Waals surface area contributed by atoms with Crippen molar-refractivity contribution < 1.29 is 24.3 Å². The van der Waals surface area contributed by atoms with Crippen molar-refractivity contribution in [2.45, 2.75) is 17.8 Å². The number of fused-ring (bicyclic) bond motifs is 1. The van der Waals surface area contributed by atoms with E-state index >= 15 is 0 Å². The predicted molar refractivity (Wildman–Crippen MR) is 129 cm³/mol. The molecule has 186 valence electrons. The van der Waals surface area contributed by atoms with Crippen LogP contribution in [0.1, 0.15) is 17.9 Å². The van der Waals surface area contributed by atoms with E-state index in [9.17, 15) is 19.5 Å². The molecule has 4 N–H and O–H groups in total. The number of aromatic nitrogens is 5. The zero-order chi connectivity index (χ0) is 26.0. The Kier molecular flexibility index (Phi) is 7.23. The number of amides is 2. The molecular formula is C18H16N10O5S3. The molecule has 4 rings (SSSR count). The first-order valence-corrected chi connectivity index (χ1v) is 12.3. The summed E-state index contributed by atoms with van der Waals surface area (Å²) >= 11 is 7.72. The first kappa shape index (κ1) is 25.2. The largest absolute Gasteiger partial charge is 0.477 e. The number of carboxylic acids is 1. The van der Waals surface area contributed by atoms with Gasteiger partial charge in [0.25, 0.3) is 11.8 Å². The molecule has 2 aliphatic rings. The number of anilines is 1. The van der Waals surface area contributed by atoms with E-state index in [0.717, 1.165) is 16.2 Å². The number of carbonyl (C=O) groups is 3. The lowest BCUT2D eigenvalue weighted by Crippen LogP contribution is -2.71. The molecule has 2 unspecified atom stereocenters. The molecule has 1 fully saturated rings. The van der Waals surface area contributed by atoms with Gasteiger partial charge in [0.1, 0.15) is 28.9 Å². The summed E-state index contributed by atoms with van der Waals surface area (Å²) in [5.74, 6) is -2.13. The van der Waals surface area contributed by atoms with Gasteiger partial charge in [-0.3, -0.25) is 14.5 Å². The number of hydrogen-bond acceptors (Lipinski definition) is 14. The number of carboxylic acid groups (broad SMARTS) is 1. The summed E-state index contributed by atoms with van der Waals surface area (Å²) < 4.78 is 1.37. The van der Waals surface area contributed by atoms with E-state index in [1.807, 2.05) is 0 Å². The zero-order valence-electron chi connectivity index (χ0n) is 18.3. The third kappa shape index (κ3) is 4.75. The number of aliphatic carboxylic acids is 1. The van der Waals surface area contributed by atoms with E-state index in [4.69, 9.17) is 28.1 Å². The van der Waals surface area contributed by atoms with Gasteiger partial charge in [-0.05, 0) is 16.0 Å². The number of nitrogens with two attached hydrogens (primary N) is 1. The fourth-order valence-corrected chi connectivity index (χ4v) is 5.73. The first-order chi connectivity index (χ1) is 17.2. The number of carbonyl (C=O) groups excluding carboxylic acids is 2. The number of hydrogen-bond donors (Lipinski definition) is 3. The number of nitriles is 1. The maximum absolute atomic E-state index is 13.0. The van der Waals surface area contributed by atoms with Crippen LogP contribution in [0.4, 0.5) is 5.13 Å². The molecule has 18 heteroatoms. The Morgan fingerprint density at radius 3 is 2.89 bits per heavy atom. The number of thioether (sulfide) groups is 1. The smallest absolute Gasteiger partial charge is 0.352 e. The summed E-state index contributed by atoms with van der Waals surface area (Å²) in [4.78, 5) is 48.2. The molecule has 1 saturated heterocycles. The summed E-state index contributed by atoms with van der Waals surface area (Å²) in [5.41, 5.74) is 5.70. The van der Waals surface area contributed by atoms with Gasteiger partial charge in [0.15, 0.2) is 16.7 Å². The second kappa shape index (κ2) is 10.3. The predicted octanol–water partition coefficient (Wildman–Crippen LogP) is -0.960. The van der Waals surface area contributed by atoms with Crippen molar-refractivity contribution in [3.05, 3.63) is 28.2 Å². The Bertz CT molecular complexity index is 1360. The second-order valence-electron chi connectivity index (χ2n) is 7.29. The van der Waals surface area contributed by atoms with Crippen molar-refractivity contribution in [3.8, 4) is 6.07 Å². The van der Waals surface area contributed by atoms with E-state index in [1.165, 1.54) is 21.8 Å². The third-order valence-corrected chi connectivity index (χ3v) is 7.38. The molecule has 2 aromatic rings. The fourth-order valence-electron chi connectivity index (χ4n) is 3.49. The van der Waals surface area contributed by atoms with E-state index < -0.39 is 35.8 Å². The monoisotopic (exact) mass is 548 g/mol. The number of nitrogens with zero attached hydrogens (tertiary/aromatic N) is 8. The summed E-state index contributed by atoms with van der Waals surface area (Å²) in [7, 11) is 1.61. The lowest BCUT2D eigenvalue weighted by atomic mass is 10.00. The number of rotatable bonds is 9. The van der Waals surface area contributed by atoms with Crippen LogP contribution in [0.3, 0.4) is 0 Å². The Morgan fingerprint density at radius 1 is 1.50 bits per heavy atom. The Labute approximate surface area is 216 Å². The van der Waals surface area contributed by atoms with Crippen LogP contribution in [0, 0.1) is 11.3 Å². The van der Waals surface area contributed by atoms with E-state index in [-0.39, 0.29) is 34.4 Å². The quantitative estimate of drug-likeness (QED) is 0.0860. The molecule has 0 saturated carbocycles. The number of oxime groups is 1. The van der Waals surface area contributed by atoms with Crippen molar-refractivity contribution in [1.29, 1.82) is 5.26 Å². The van der Waals surface area contributed by atoms with Crippen LogP contribution in [0.15, 0.2) is 21.8 Å². The Balaban J connectivity index is 1.52. The topological polar surface area (TPSA) is 215 Å². The molecule has 0 aliphatic carbocycles. The van der Waals surface area contributed by atoms with E-state index in [1.54, 1.807) is 13.1 Å². The lowest BCUT2D eigenvalue weighted by Gasteiger charge is -2.49. The van der Waals surface area contributed by atoms with Gasteiger partial charge >= 0.3 is 5.97 Å². The summed E-state index contributed by atoms with van der Waals surface area (Å²) in [6.07, 6.45) is 0.0734. The minimum atomic E-state index is -1.29. The number of nitrogen functional groups attached to an aromatic ring is 1. The molecule has 2 atom stereocenters. The number of β-lactam (4-membered cyclic amide) rings is 1. The molecule has 0 bridgehead atoms. The summed E-state index contributed by atoms with van der Waals surface area (Å²) in [6.45, 7) is -0.410. The normalized spacial score (nSPS) is 19.3. The van der Waals surface area contributed by atoms with E-state index in [0.29, 0.717) is 16.3 Å². The molecule has 0 spiro atoms. The highest BCUT2D eigenvalue weighted by molar-refractivity contribution is 8.00. The molecule has 2 aromatic heterocycles. The zero-order valence-corrected chi connectivity index (χ0v) is 20.8. The second-order valence-corrected chi connectivity index (χ2v) is 9.77. The molecular weight excluding hydrogens is 532 g/mol. The average Bonchev–Trinajstić information content (AvgIpc) is 3.47. The minimum absolute atomic E-state index is 0.0734. The van der Waals surface area contributed by atoms with Gasteiger partial charge in [0.05, 0.1) is 4.86 Å². The lowest BCUT2D eigenvalue weighted by molar-refractivity contribution is -0.150. The maximum Gasteiger partial charge on any atom is 0.352 e. The van der Waals surface area contributed by atoms with Crippen molar-refractivity contribution in [3.63, 3.8) is 0 Å². The van der Waals surface area contributed by atoms with Crippen LogP contribution in [0.25, 0.3) is 0 Å².